The highest BCUT2D eigenvalue weighted by Crippen LogP contribution is 2.15. The lowest BCUT2D eigenvalue weighted by molar-refractivity contribution is 0.0936. The van der Waals surface area contributed by atoms with E-state index in [0.717, 1.165) is 37.0 Å². The highest BCUT2D eigenvalue weighted by Gasteiger charge is 2.15. The molecule has 1 amide bonds. The van der Waals surface area contributed by atoms with Gasteiger partial charge in [0.15, 0.2) is 0 Å². The van der Waals surface area contributed by atoms with Gasteiger partial charge in [0, 0.05) is 19.4 Å². The van der Waals surface area contributed by atoms with Crippen molar-refractivity contribution in [3.8, 4) is 0 Å². The smallest absolute Gasteiger partial charge is 0.282 e. The van der Waals surface area contributed by atoms with E-state index in [4.69, 9.17) is 4.74 Å². The molecule has 8 heteroatoms. The Balaban J connectivity index is 2.41. The second-order valence-electron chi connectivity index (χ2n) is 4.23. The Hall–Kier alpha value is -0.860. The first-order chi connectivity index (χ1) is 9.69. The lowest BCUT2D eigenvalue weighted by atomic mass is 10.2. The van der Waals surface area contributed by atoms with Crippen molar-refractivity contribution in [1.29, 1.82) is 0 Å². The fraction of sp³-hybridized carbons (Fsp3) is 0.750. The molecule has 0 bridgehead atoms. The maximum atomic E-state index is 12.0. The molecule has 0 aliphatic heterocycles. The number of rotatable bonds is 10. The van der Waals surface area contributed by atoms with Crippen molar-refractivity contribution >= 4 is 28.0 Å². The molecular weight excluding hydrogens is 298 g/mol. The highest BCUT2D eigenvalue weighted by molar-refractivity contribution is 7.87. The van der Waals surface area contributed by atoms with Crippen LogP contribution in [0.1, 0.15) is 42.4 Å². The van der Waals surface area contributed by atoms with E-state index >= 15 is 0 Å². The molecule has 1 aromatic rings. The van der Waals surface area contributed by atoms with Gasteiger partial charge in [-0.15, -0.1) is 10.2 Å². The lowest BCUT2D eigenvalue weighted by Crippen LogP contribution is -2.26. The fourth-order valence-electron chi connectivity index (χ4n) is 1.48. The number of nitrogens with one attached hydrogen (secondary N) is 1. The molecule has 1 atom stereocenters. The zero-order chi connectivity index (χ0) is 14.8. The number of carbonyl (C=O) groups excluding carboxylic acids is 1. The maximum Gasteiger partial charge on any atom is 0.282 e. The molecular formula is C12H21N3O3S2. The molecule has 0 aliphatic rings. The van der Waals surface area contributed by atoms with Crippen LogP contribution in [0, 0.1) is 0 Å². The number of carbonyl (C=O) groups is 1. The molecule has 114 valence electrons. The van der Waals surface area contributed by atoms with E-state index in [2.05, 4.69) is 22.4 Å². The average Bonchev–Trinajstić information content (AvgIpc) is 2.93. The number of ether oxygens (including phenoxy) is 1. The quantitative estimate of drug-likeness (QED) is 0.663. The van der Waals surface area contributed by atoms with E-state index in [1.807, 2.05) is 0 Å². The van der Waals surface area contributed by atoms with Gasteiger partial charge in [-0.05, 0) is 6.42 Å². The topological polar surface area (TPSA) is 81.2 Å². The number of aromatic nitrogens is 2. The van der Waals surface area contributed by atoms with Crippen LogP contribution in [0.15, 0.2) is 4.34 Å². The monoisotopic (exact) mass is 319 g/mol. The van der Waals surface area contributed by atoms with Crippen molar-refractivity contribution in [2.75, 3.05) is 26.0 Å². The third-order valence-electron chi connectivity index (χ3n) is 2.57. The molecule has 0 aromatic carbocycles. The normalized spacial score (nSPS) is 12.3. The maximum absolute atomic E-state index is 12.0. The van der Waals surface area contributed by atoms with Crippen molar-refractivity contribution < 1.29 is 13.7 Å². The third kappa shape index (κ3) is 6.06. The molecule has 0 spiro atoms. The van der Waals surface area contributed by atoms with Crippen molar-refractivity contribution in [2.24, 2.45) is 0 Å². The van der Waals surface area contributed by atoms with Crippen LogP contribution in [0.5, 0.6) is 0 Å². The van der Waals surface area contributed by atoms with Crippen LogP contribution < -0.4 is 5.32 Å². The largest absolute Gasteiger partial charge is 0.383 e. The zero-order valence-corrected chi connectivity index (χ0v) is 13.5. The molecule has 1 N–H and O–H groups in total. The molecule has 20 heavy (non-hydrogen) atoms. The molecule has 1 heterocycles. The molecule has 0 radical (unpaired) electrons. The van der Waals surface area contributed by atoms with Gasteiger partial charge in [-0.25, -0.2) is 0 Å². The number of nitrogens with zero attached hydrogens (tertiary/aromatic N) is 2. The summed E-state index contributed by atoms with van der Waals surface area (Å²) in [4.78, 5) is 11.7. The number of methoxy groups -OCH3 is 1. The Morgan fingerprint density at radius 3 is 2.85 bits per heavy atom. The summed E-state index contributed by atoms with van der Waals surface area (Å²) in [6.45, 7) is 3.00. The predicted molar refractivity (Wildman–Crippen MR) is 79.5 cm³/mol. The number of unbranched alkanes of at least 4 members (excludes halogenated alkanes) is 3. The van der Waals surface area contributed by atoms with Gasteiger partial charge in [0.2, 0.25) is 9.35 Å². The molecule has 0 saturated carbocycles. The van der Waals surface area contributed by atoms with Gasteiger partial charge in [-0.2, -0.15) is 0 Å². The summed E-state index contributed by atoms with van der Waals surface area (Å²) in [5, 5.41) is 10.5. The van der Waals surface area contributed by atoms with E-state index in [-0.39, 0.29) is 10.9 Å². The Kier molecular flexibility index (Phi) is 8.56. The Labute approximate surface area is 125 Å². The summed E-state index contributed by atoms with van der Waals surface area (Å²) < 4.78 is 17.2. The second kappa shape index (κ2) is 9.95. The average molecular weight is 319 g/mol. The van der Waals surface area contributed by atoms with Crippen LogP contribution in [-0.2, 0) is 15.5 Å². The molecule has 0 fully saturated rings. The second-order valence-corrected chi connectivity index (χ2v) is 6.95. The van der Waals surface area contributed by atoms with E-state index in [1.165, 1.54) is 0 Å². The molecule has 1 aromatic heterocycles. The van der Waals surface area contributed by atoms with Crippen LogP contribution in [0.4, 0.5) is 0 Å². The molecule has 0 aliphatic carbocycles. The molecule has 6 nitrogen and oxygen atoms in total. The minimum absolute atomic E-state index is 0.248. The van der Waals surface area contributed by atoms with E-state index in [1.54, 1.807) is 7.11 Å². The van der Waals surface area contributed by atoms with Crippen LogP contribution in [0.25, 0.3) is 0 Å². The van der Waals surface area contributed by atoms with Gasteiger partial charge in [-0.1, -0.05) is 37.5 Å². The third-order valence-corrected chi connectivity index (χ3v) is 5.23. The number of amides is 1. The van der Waals surface area contributed by atoms with Gasteiger partial charge in [-0.3, -0.25) is 9.00 Å². The van der Waals surface area contributed by atoms with Gasteiger partial charge < -0.3 is 10.1 Å². The Morgan fingerprint density at radius 2 is 2.15 bits per heavy atom. The van der Waals surface area contributed by atoms with Crippen molar-refractivity contribution in [1.82, 2.24) is 15.5 Å². The number of hydrogen-bond donors (Lipinski definition) is 1. The van der Waals surface area contributed by atoms with Crippen LogP contribution >= 0.6 is 11.3 Å². The number of hydrogen-bond acceptors (Lipinski definition) is 6. The van der Waals surface area contributed by atoms with Gasteiger partial charge >= 0.3 is 0 Å². The zero-order valence-electron chi connectivity index (χ0n) is 11.9. The first-order valence-corrected chi connectivity index (χ1v) is 8.81. The van der Waals surface area contributed by atoms with Gasteiger partial charge in [0.1, 0.15) is 0 Å². The van der Waals surface area contributed by atoms with E-state index < -0.39 is 10.8 Å². The standard InChI is InChI=1S/C12H21N3O3S2/c1-3-4-5-6-9-20(17)12-15-14-11(19-12)10(16)13-7-8-18-2/h3-9H2,1-2H3,(H,13,16). The summed E-state index contributed by atoms with van der Waals surface area (Å²) in [6, 6.07) is 0. The summed E-state index contributed by atoms with van der Waals surface area (Å²) in [5.74, 6) is 0.286. The minimum Gasteiger partial charge on any atom is -0.383 e. The molecule has 1 rings (SSSR count). The van der Waals surface area contributed by atoms with Gasteiger partial charge in [0.25, 0.3) is 5.91 Å². The fourth-order valence-corrected chi connectivity index (χ4v) is 3.61. The minimum atomic E-state index is -1.15. The first-order valence-electron chi connectivity index (χ1n) is 6.68. The highest BCUT2D eigenvalue weighted by atomic mass is 32.2. The van der Waals surface area contributed by atoms with Crippen molar-refractivity contribution in [2.45, 2.75) is 36.9 Å². The van der Waals surface area contributed by atoms with Crippen molar-refractivity contribution in [3.63, 3.8) is 0 Å². The summed E-state index contributed by atoms with van der Waals surface area (Å²) >= 11 is 1.10. The Morgan fingerprint density at radius 1 is 1.35 bits per heavy atom. The summed E-state index contributed by atoms with van der Waals surface area (Å²) in [5.41, 5.74) is 0. The van der Waals surface area contributed by atoms with E-state index in [0.29, 0.717) is 23.2 Å². The SMILES string of the molecule is CCCCCCS(=O)c1nnc(C(=O)NCCOC)s1. The molecule has 0 saturated heterocycles. The summed E-state index contributed by atoms with van der Waals surface area (Å²) in [6.07, 6.45) is 4.29. The van der Waals surface area contributed by atoms with Crippen molar-refractivity contribution in [3.05, 3.63) is 5.01 Å². The first kappa shape index (κ1) is 17.2. The van der Waals surface area contributed by atoms with Crippen LogP contribution in [0.2, 0.25) is 0 Å². The molecule has 1 unspecified atom stereocenters. The Bertz CT molecular complexity index is 437. The summed E-state index contributed by atoms with van der Waals surface area (Å²) in [7, 11) is 0.417. The van der Waals surface area contributed by atoms with Crippen LogP contribution in [0.3, 0.4) is 0 Å². The van der Waals surface area contributed by atoms with E-state index in [9.17, 15) is 9.00 Å². The van der Waals surface area contributed by atoms with Crippen LogP contribution in [-0.4, -0.2) is 46.3 Å². The lowest BCUT2D eigenvalue weighted by Gasteiger charge is -2.00. The van der Waals surface area contributed by atoms with Gasteiger partial charge in [0.05, 0.1) is 17.4 Å². The predicted octanol–water partition coefficient (Wildman–Crippen LogP) is 1.60.